The molecule has 0 aliphatic heterocycles. The lowest BCUT2D eigenvalue weighted by molar-refractivity contribution is 0.410. The molecule has 1 heterocycles. The van der Waals surface area contributed by atoms with Crippen molar-refractivity contribution < 1.29 is 0 Å². The SMILES string of the molecule is CCN(C)c1cnn(CCCCNC(C)(C)C)c(=O)c1. The van der Waals surface area contributed by atoms with Gasteiger partial charge in [0.15, 0.2) is 0 Å². The van der Waals surface area contributed by atoms with E-state index < -0.39 is 0 Å². The van der Waals surface area contributed by atoms with Crippen molar-refractivity contribution in [2.75, 3.05) is 25.0 Å². The van der Waals surface area contributed by atoms with Gasteiger partial charge < -0.3 is 10.2 Å². The van der Waals surface area contributed by atoms with Crippen LogP contribution in [0.25, 0.3) is 0 Å². The molecular formula is C15H28N4O. The Balaban J connectivity index is 2.43. The van der Waals surface area contributed by atoms with Crippen molar-refractivity contribution >= 4 is 5.69 Å². The molecule has 0 aliphatic carbocycles. The highest BCUT2D eigenvalue weighted by Crippen LogP contribution is 2.06. The normalized spacial score (nSPS) is 11.7. The second-order valence-electron chi connectivity index (χ2n) is 6.17. The molecule has 0 unspecified atom stereocenters. The lowest BCUT2D eigenvalue weighted by atomic mass is 10.1. The number of nitrogens with zero attached hydrogens (tertiary/aromatic N) is 3. The van der Waals surface area contributed by atoms with Crippen molar-refractivity contribution in [3.63, 3.8) is 0 Å². The number of hydrogen-bond acceptors (Lipinski definition) is 4. The molecule has 0 amide bonds. The molecule has 5 nitrogen and oxygen atoms in total. The molecule has 5 heteroatoms. The first kappa shape index (κ1) is 16.7. The van der Waals surface area contributed by atoms with E-state index in [2.05, 4.69) is 31.2 Å². The number of aromatic nitrogens is 2. The first-order valence-electron chi connectivity index (χ1n) is 7.37. The Morgan fingerprint density at radius 1 is 1.35 bits per heavy atom. The van der Waals surface area contributed by atoms with Gasteiger partial charge in [0.25, 0.3) is 5.56 Å². The predicted octanol–water partition coefficient (Wildman–Crippen LogP) is 1.87. The van der Waals surface area contributed by atoms with Gasteiger partial charge in [0, 0.05) is 31.7 Å². The molecule has 0 fully saturated rings. The lowest BCUT2D eigenvalue weighted by Crippen LogP contribution is -2.36. The van der Waals surface area contributed by atoms with Crippen LogP contribution in [0.4, 0.5) is 5.69 Å². The van der Waals surface area contributed by atoms with Crippen LogP contribution < -0.4 is 15.8 Å². The lowest BCUT2D eigenvalue weighted by Gasteiger charge is -2.20. The van der Waals surface area contributed by atoms with Crippen LogP contribution in [0.5, 0.6) is 0 Å². The second kappa shape index (κ2) is 7.43. The zero-order chi connectivity index (χ0) is 15.2. The number of anilines is 1. The summed E-state index contributed by atoms with van der Waals surface area (Å²) in [5.41, 5.74) is 1.01. The average molecular weight is 280 g/mol. The van der Waals surface area contributed by atoms with Gasteiger partial charge in [-0.3, -0.25) is 4.79 Å². The van der Waals surface area contributed by atoms with E-state index in [0.29, 0.717) is 6.54 Å². The molecule has 20 heavy (non-hydrogen) atoms. The summed E-state index contributed by atoms with van der Waals surface area (Å²) in [6.07, 6.45) is 3.76. The molecular weight excluding hydrogens is 252 g/mol. The van der Waals surface area contributed by atoms with Gasteiger partial charge in [-0.15, -0.1) is 0 Å². The standard InChI is InChI=1S/C15H28N4O/c1-6-18(5)13-11-14(20)19(17-12-13)10-8-7-9-16-15(2,3)4/h11-12,16H,6-10H2,1-5H3. The fourth-order valence-electron chi connectivity index (χ4n) is 1.83. The van der Waals surface area contributed by atoms with Gasteiger partial charge in [-0.2, -0.15) is 5.10 Å². The molecule has 0 atom stereocenters. The van der Waals surface area contributed by atoms with Crippen LogP contribution >= 0.6 is 0 Å². The van der Waals surface area contributed by atoms with Gasteiger partial charge in [0.05, 0.1) is 11.9 Å². The van der Waals surface area contributed by atoms with Gasteiger partial charge in [-0.1, -0.05) is 0 Å². The van der Waals surface area contributed by atoms with E-state index >= 15 is 0 Å². The number of unbranched alkanes of at least 4 members (excludes halogenated alkanes) is 1. The Morgan fingerprint density at radius 3 is 2.60 bits per heavy atom. The van der Waals surface area contributed by atoms with Crippen molar-refractivity contribution in [1.29, 1.82) is 0 Å². The maximum atomic E-state index is 11.9. The highest BCUT2D eigenvalue weighted by molar-refractivity contribution is 5.41. The van der Waals surface area contributed by atoms with Crippen LogP contribution in [0.2, 0.25) is 0 Å². The molecule has 1 aromatic rings. The summed E-state index contributed by atoms with van der Waals surface area (Å²) in [6.45, 7) is 11.0. The molecule has 114 valence electrons. The minimum atomic E-state index is -0.0217. The van der Waals surface area contributed by atoms with Crippen molar-refractivity contribution in [2.24, 2.45) is 0 Å². The maximum absolute atomic E-state index is 11.9. The number of aryl methyl sites for hydroxylation is 1. The molecule has 0 saturated heterocycles. The molecule has 0 saturated carbocycles. The summed E-state index contributed by atoms with van der Waals surface area (Å²) < 4.78 is 1.55. The van der Waals surface area contributed by atoms with Crippen LogP contribution in [0.1, 0.15) is 40.5 Å². The molecule has 1 rings (SSSR count). The summed E-state index contributed by atoms with van der Waals surface area (Å²) in [5, 5.41) is 7.68. The average Bonchev–Trinajstić information content (AvgIpc) is 2.37. The molecule has 0 bridgehead atoms. The molecule has 1 N–H and O–H groups in total. The van der Waals surface area contributed by atoms with E-state index in [1.165, 1.54) is 0 Å². The van der Waals surface area contributed by atoms with Gasteiger partial charge in [-0.05, 0) is 47.1 Å². The van der Waals surface area contributed by atoms with Crippen LogP contribution in [-0.4, -0.2) is 35.5 Å². The third-order valence-electron chi connectivity index (χ3n) is 3.22. The Morgan fingerprint density at radius 2 is 2.05 bits per heavy atom. The van der Waals surface area contributed by atoms with Crippen molar-refractivity contribution in [3.05, 3.63) is 22.6 Å². The van der Waals surface area contributed by atoms with E-state index in [1.54, 1.807) is 16.9 Å². The minimum absolute atomic E-state index is 0.0217. The summed E-state index contributed by atoms with van der Waals surface area (Å²) >= 11 is 0. The Hall–Kier alpha value is -1.36. The van der Waals surface area contributed by atoms with Crippen LogP contribution in [-0.2, 0) is 6.54 Å². The van der Waals surface area contributed by atoms with Gasteiger partial charge in [-0.25, -0.2) is 4.68 Å². The van der Waals surface area contributed by atoms with Crippen LogP contribution in [0.3, 0.4) is 0 Å². The van der Waals surface area contributed by atoms with Gasteiger partial charge in [0.1, 0.15) is 0 Å². The summed E-state index contributed by atoms with van der Waals surface area (Å²) in [5.74, 6) is 0. The van der Waals surface area contributed by atoms with E-state index in [4.69, 9.17) is 0 Å². The highest BCUT2D eigenvalue weighted by atomic mass is 16.1. The zero-order valence-corrected chi connectivity index (χ0v) is 13.4. The van der Waals surface area contributed by atoms with E-state index in [0.717, 1.165) is 31.6 Å². The summed E-state index contributed by atoms with van der Waals surface area (Å²) in [4.78, 5) is 13.9. The summed E-state index contributed by atoms with van der Waals surface area (Å²) in [6, 6.07) is 1.66. The van der Waals surface area contributed by atoms with E-state index in [1.807, 2.05) is 18.9 Å². The maximum Gasteiger partial charge on any atom is 0.268 e. The molecule has 0 radical (unpaired) electrons. The molecule has 0 spiro atoms. The number of rotatable bonds is 7. The largest absolute Gasteiger partial charge is 0.373 e. The smallest absolute Gasteiger partial charge is 0.268 e. The number of hydrogen-bond donors (Lipinski definition) is 1. The van der Waals surface area contributed by atoms with E-state index in [9.17, 15) is 4.79 Å². The minimum Gasteiger partial charge on any atom is -0.373 e. The first-order valence-corrected chi connectivity index (χ1v) is 7.37. The van der Waals surface area contributed by atoms with Crippen molar-refractivity contribution in [1.82, 2.24) is 15.1 Å². The fourth-order valence-corrected chi connectivity index (χ4v) is 1.83. The Bertz CT molecular complexity index is 462. The van der Waals surface area contributed by atoms with Crippen LogP contribution in [0.15, 0.2) is 17.1 Å². The highest BCUT2D eigenvalue weighted by Gasteiger charge is 2.07. The third kappa shape index (κ3) is 5.74. The first-order chi connectivity index (χ1) is 9.33. The van der Waals surface area contributed by atoms with Gasteiger partial charge >= 0.3 is 0 Å². The fraction of sp³-hybridized carbons (Fsp3) is 0.733. The summed E-state index contributed by atoms with van der Waals surface area (Å²) in [7, 11) is 1.96. The quantitative estimate of drug-likeness (QED) is 0.775. The monoisotopic (exact) mass is 280 g/mol. The zero-order valence-electron chi connectivity index (χ0n) is 13.4. The van der Waals surface area contributed by atoms with Gasteiger partial charge in [0.2, 0.25) is 0 Å². The third-order valence-corrected chi connectivity index (χ3v) is 3.22. The second-order valence-corrected chi connectivity index (χ2v) is 6.17. The Kier molecular flexibility index (Phi) is 6.20. The molecule has 1 aromatic heterocycles. The van der Waals surface area contributed by atoms with Crippen LogP contribution in [0, 0.1) is 0 Å². The number of nitrogens with one attached hydrogen (secondary N) is 1. The topological polar surface area (TPSA) is 50.2 Å². The molecule has 0 aromatic carbocycles. The van der Waals surface area contributed by atoms with Crippen molar-refractivity contribution in [3.8, 4) is 0 Å². The van der Waals surface area contributed by atoms with E-state index in [-0.39, 0.29) is 11.1 Å². The Labute approximate surface area is 122 Å². The molecule has 0 aliphatic rings. The predicted molar refractivity (Wildman–Crippen MR) is 84.4 cm³/mol. The van der Waals surface area contributed by atoms with Crippen molar-refractivity contribution in [2.45, 2.75) is 52.6 Å².